The Morgan fingerprint density at radius 2 is 1.78 bits per heavy atom. The largest absolute Gasteiger partial charge is 0.393 e. The highest BCUT2D eigenvalue weighted by Crippen LogP contribution is 2.67. The van der Waals surface area contributed by atoms with Crippen molar-refractivity contribution in [3.8, 4) is 0 Å². The maximum Gasteiger partial charge on any atom is 0.0839 e. The maximum atomic E-state index is 10.7. The second-order valence-electron chi connectivity index (χ2n) is 11.0. The molecule has 3 nitrogen and oxygen atoms in total. The van der Waals surface area contributed by atoms with E-state index in [2.05, 4.69) is 20.8 Å². The molecule has 3 heteroatoms. The van der Waals surface area contributed by atoms with Crippen LogP contribution in [0.25, 0.3) is 0 Å². The molecule has 0 amide bonds. The molecule has 156 valence electrons. The first-order valence-electron chi connectivity index (χ1n) is 11.8. The Balaban J connectivity index is 1.56. The third kappa shape index (κ3) is 3.11. The molecule has 4 aliphatic rings. The summed E-state index contributed by atoms with van der Waals surface area (Å²) in [5.74, 6) is 3.53. The average molecular weight is 379 g/mol. The van der Waals surface area contributed by atoms with E-state index in [1.807, 2.05) is 6.92 Å². The van der Waals surface area contributed by atoms with Gasteiger partial charge in [-0.15, -0.1) is 0 Å². The minimum Gasteiger partial charge on any atom is -0.393 e. The van der Waals surface area contributed by atoms with Gasteiger partial charge in [0, 0.05) is 6.61 Å². The topological polar surface area (TPSA) is 49.7 Å². The van der Waals surface area contributed by atoms with E-state index in [1.54, 1.807) is 0 Å². The zero-order valence-corrected chi connectivity index (χ0v) is 18.0. The summed E-state index contributed by atoms with van der Waals surface area (Å²) < 4.78 is 6.11. The predicted molar refractivity (Wildman–Crippen MR) is 108 cm³/mol. The van der Waals surface area contributed by atoms with Crippen LogP contribution in [0.15, 0.2) is 0 Å². The van der Waals surface area contributed by atoms with Gasteiger partial charge in [-0.25, -0.2) is 0 Å². The molecular weight excluding hydrogens is 336 g/mol. The zero-order chi connectivity index (χ0) is 19.4. The molecule has 4 saturated carbocycles. The van der Waals surface area contributed by atoms with E-state index in [-0.39, 0.29) is 18.3 Å². The van der Waals surface area contributed by atoms with Gasteiger partial charge in [0.05, 0.1) is 18.3 Å². The Bertz CT molecular complexity index is 534. The molecule has 10 atom stereocenters. The van der Waals surface area contributed by atoms with Gasteiger partial charge >= 0.3 is 0 Å². The Labute approximate surface area is 166 Å². The lowest BCUT2D eigenvalue weighted by Gasteiger charge is -2.62. The summed E-state index contributed by atoms with van der Waals surface area (Å²) >= 11 is 0. The third-order valence-corrected chi connectivity index (χ3v) is 9.85. The lowest BCUT2D eigenvalue weighted by atomic mass is 9.44. The molecule has 2 N–H and O–H groups in total. The fourth-order valence-electron chi connectivity index (χ4n) is 8.53. The van der Waals surface area contributed by atoms with Crippen LogP contribution in [0.5, 0.6) is 0 Å². The summed E-state index contributed by atoms with van der Waals surface area (Å²) in [4.78, 5) is 0. The third-order valence-electron chi connectivity index (χ3n) is 9.85. The fourth-order valence-corrected chi connectivity index (χ4v) is 8.53. The highest BCUT2D eigenvalue weighted by molar-refractivity contribution is 5.10. The summed E-state index contributed by atoms with van der Waals surface area (Å²) in [5.41, 5.74) is 0.662. The minimum atomic E-state index is -0.272. The molecular formula is C24H42O3. The second-order valence-corrected chi connectivity index (χ2v) is 11.0. The van der Waals surface area contributed by atoms with Gasteiger partial charge < -0.3 is 14.9 Å². The van der Waals surface area contributed by atoms with Gasteiger partial charge in [-0.3, -0.25) is 0 Å². The van der Waals surface area contributed by atoms with Crippen LogP contribution in [-0.4, -0.2) is 35.1 Å². The van der Waals surface area contributed by atoms with Gasteiger partial charge in [-0.2, -0.15) is 0 Å². The number of ether oxygens (including phenoxy) is 1. The predicted octanol–water partition coefficient (Wildman–Crippen LogP) is 4.79. The van der Waals surface area contributed by atoms with Crippen molar-refractivity contribution in [2.45, 2.75) is 104 Å². The van der Waals surface area contributed by atoms with Crippen molar-refractivity contribution in [3.05, 3.63) is 0 Å². The molecule has 0 bridgehead atoms. The molecule has 0 aromatic carbocycles. The number of fused-ring (bicyclic) bond motifs is 5. The van der Waals surface area contributed by atoms with Crippen molar-refractivity contribution in [2.24, 2.45) is 40.4 Å². The normalized spacial score (nSPS) is 53.3. The van der Waals surface area contributed by atoms with Crippen LogP contribution in [0.2, 0.25) is 0 Å². The van der Waals surface area contributed by atoms with Crippen molar-refractivity contribution in [3.63, 3.8) is 0 Å². The molecule has 4 fully saturated rings. The van der Waals surface area contributed by atoms with Gasteiger partial charge in [-0.1, -0.05) is 20.8 Å². The summed E-state index contributed by atoms with van der Waals surface area (Å²) in [6, 6.07) is 0. The Hall–Kier alpha value is -0.120. The summed E-state index contributed by atoms with van der Waals surface area (Å²) in [6.07, 6.45) is 10.3. The van der Waals surface area contributed by atoms with Crippen molar-refractivity contribution in [2.75, 3.05) is 6.61 Å². The highest BCUT2D eigenvalue weighted by atomic mass is 16.5. The van der Waals surface area contributed by atoms with Gasteiger partial charge in [0.15, 0.2) is 0 Å². The van der Waals surface area contributed by atoms with E-state index in [0.717, 1.165) is 43.6 Å². The molecule has 0 aliphatic heterocycles. The SMILES string of the molecule is CCCO[C@H]1C[C@@]2(C)[C@@H](CC[C@@H]3[C@@H]2CC[C@]2(C)[C@@H]([C@H](C)O)CC[C@@H]32)C[C@@H]1O. The number of hydrogen-bond donors (Lipinski definition) is 2. The molecule has 0 spiro atoms. The molecule has 27 heavy (non-hydrogen) atoms. The Kier molecular flexibility index (Phi) is 5.44. The molecule has 0 heterocycles. The van der Waals surface area contributed by atoms with Crippen molar-refractivity contribution in [1.82, 2.24) is 0 Å². The Morgan fingerprint density at radius 3 is 2.48 bits per heavy atom. The van der Waals surface area contributed by atoms with Crippen LogP contribution in [-0.2, 0) is 4.74 Å². The summed E-state index contributed by atoms with van der Waals surface area (Å²) in [7, 11) is 0. The molecule has 4 aliphatic carbocycles. The average Bonchev–Trinajstić information content (AvgIpc) is 2.98. The first kappa shape index (κ1) is 20.2. The van der Waals surface area contributed by atoms with Crippen LogP contribution in [0.4, 0.5) is 0 Å². The van der Waals surface area contributed by atoms with Gasteiger partial charge in [0.1, 0.15) is 0 Å². The Morgan fingerprint density at radius 1 is 1.04 bits per heavy atom. The second kappa shape index (κ2) is 7.29. The van der Waals surface area contributed by atoms with Crippen molar-refractivity contribution < 1.29 is 14.9 Å². The standard InChI is InChI=1S/C24H42O3/c1-5-12-27-22-14-24(4)16(13-21(22)26)6-7-17-19-9-8-18(15(2)25)23(19,3)11-10-20(17)24/h15-22,25-26H,5-14H2,1-4H3/t15-,16-,17-,18+,19-,20-,21-,22-,23+,24-/m0/s1. The quantitative estimate of drug-likeness (QED) is 0.739. The van der Waals surface area contributed by atoms with Crippen LogP contribution < -0.4 is 0 Å². The monoisotopic (exact) mass is 378 g/mol. The van der Waals surface area contributed by atoms with E-state index in [1.165, 1.54) is 38.5 Å². The van der Waals surface area contributed by atoms with Gasteiger partial charge in [0.2, 0.25) is 0 Å². The van der Waals surface area contributed by atoms with Crippen molar-refractivity contribution in [1.29, 1.82) is 0 Å². The lowest BCUT2D eigenvalue weighted by Crippen LogP contribution is -2.57. The molecule has 0 unspecified atom stereocenters. The molecule has 0 radical (unpaired) electrons. The first-order valence-corrected chi connectivity index (χ1v) is 11.8. The molecule has 4 rings (SSSR count). The van der Waals surface area contributed by atoms with Crippen LogP contribution >= 0.6 is 0 Å². The van der Waals surface area contributed by atoms with Crippen LogP contribution in [0.3, 0.4) is 0 Å². The van der Waals surface area contributed by atoms with E-state index < -0.39 is 0 Å². The smallest absolute Gasteiger partial charge is 0.0839 e. The van der Waals surface area contributed by atoms with Crippen LogP contribution in [0.1, 0.15) is 85.5 Å². The van der Waals surface area contributed by atoms with E-state index in [0.29, 0.717) is 22.7 Å². The molecule has 0 aromatic rings. The van der Waals surface area contributed by atoms with Crippen LogP contribution in [0, 0.1) is 40.4 Å². The van der Waals surface area contributed by atoms with Crippen molar-refractivity contribution >= 4 is 0 Å². The number of hydrogen-bond acceptors (Lipinski definition) is 3. The highest BCUT2D eigenvalue weighted by Gasteiger charge is 2.61. The molecule has 0 saturated heterocycles. The number of rotatable bonds is 4. The molecule has 0 aromatic heterocycles. The lowest BCUT2D eigenvalue weighted by molar-refractivity contribution is -0.174. The maximum absolute atomic E-state index is 10.7. The van der Waals surface area contributed by atoms with E-state index in [9.17, 15) is 10.2 Å². The van der Waals surface area contributed by atoms with Gasteiger partial charge in [-0.05, 0) is 105 Å². The summed E-state index contributed by atoms with van der Waals surface area (Å²) in [5, 5.41) is 21.1. The fraction of sp³-hybridized carbons (Fsp3) is 1.00. The van der Waals surface area contributed by atoms with Gasteiger partial charge in [0.25, 0.3) is 0 Å². The minimum absolute atomic E-state index is 0.0343. The number of aliphatic hydroxyl groups excluding tert-OH is 2. The number of aliphatic hydroxyl groups is 2. The van der Waals surface area contributed by atoms with E-state index >= 15 is 0 Å². The van der Waals surface area contributed by atoms with E-state index in [4.69, 9.17) is 4.74 Å². The summed E-state index contributed by atoms with van der Waals surface area (Å²) in [6.45, 7) is 9.96. The first-order chi connectivity index (χ1) is 12.8. The zero-order valence-electron chi connectivity index (χ0n) is 18.0.